The van der Waals surface area contributed by atoms with Gasteiger partial charge < -0.3 is 0 Å². The van der Waals surface area contributed by atoms with E-state index in [0.29, 0.717) is 0 Å². The molecule has 0 amide bonds. The van der Waals surface area contributed by atoms with Gasteiger partial charge in [-0.2, -0.15) is 0 Å². The van der Waals surface area contributed by atoms with E-state index in [-0.39, 0.29) is 11.0 Å². The normalized spacial score (nSPS) is 18.5. The van der Waals surface area contributed by atoms with Crippen LogP contribution in [0.5, 0.6) is 0 Å². The summed E-state index contributed by atoms with van der Waals surface area (Å²) in [5, 5.41) is 2.15. The summed E-state index contributed by atoms with van der Waals surface area (Å²) in [7, 11) is 0. The highest BCUT2D eigenvalue weighted by Crippen LogP contribution is 2.46. The first-order valence-corrected chi connectivity index (χ1v) is 8.68. The minimum Gasteiger partial charge on any atom is -0.275 e. The Balaban J connectivity index is 1.95. The van der Waals surface area contributed by atoms with Gasteiger partial charge >= 0.3 is 0 Å². The van der Waals surface area contributed by atoms with E-state index in [1.807, 2.05) is 41.8 Å². The summed E-state index contributed by atoms with van der Waals surface area (Å²) >= 11 is 1.81. The average molecular weight is 321 g/mol. The second-order valence-corrected chi connectivity index (χ2v) is 7.97. The molecule has 0 N–H and O–H groups in total. The van der Waals surface area contributed by atoms with E-state index in [1.54, 1.807) is 0 Å². The highest BCUT2D eigenvalue weighted by molar-refractivity contribution is 7.10. The lowest BCUT2D eigenvalue weighted by Gasteiger charge is -2.42. The first-order valence-electron chi connectivity index (χ1n) is 7.80. The van der Waals surface area contributed by atoms with Crippen LogP contribution in [0.4, 0.5) is 0 Å². The second kappa shape index (κ2) is 4.71. The van der Waals surface area contributed by atoms with Gasteiger partial charge in [-0.1, -0.05) is 26.0 Å². The quantitative estimate of drug-likeness (QED) is 0.657. The fourth-order valence-electron chi connectivity index (χ4n) is 3.00. The van der Waals surface area contributed by atoms with Crippen LogP contribution in [0.2, 0.25) is 0 Å². The van der Waals surface area contributed by atoms with Crippen LogP contribution in [0.3, 0.4) is 0 Å². The molecule has 0 aliphatic carbocycles. The van der Waals surface area contributed by atoms with Crippen LogP contribution < -0.4 is 0 Å². The van der Waals surface area contributed by atoms with Gasteiger partial charge in [-0.3, -0.25) is 9.98 Å². The van der Waals surface area contributed by atoms with Gasteiger partial charge in [-0.15, -0.1) is 11.3 Å². The summed E-state index contributed by atoms with van der Waals surface area (Å²) in [6.45, 7) is 8.94. The second-order valence-electron chi connectivity index (χ2n) is 7.05. The minimum absolute atomic E-state index is 0.00424. The number of para-hydroxylation sites is 2. The maximum absolute atomic E-state index is 5.08. The van der Waals surface area contributed by atoms with E-state index in [0.717, 1.165) is 22.4 Å². The lowest BCUT2D eigenvalue weighted by Crippen LogP contribution is -2.45. The van der Waals surface area contributed by atoms with Crippen molar-refractivity contribution in [1.29, 1.82) is 0 Å². The number of thiophene rings is 1. The van der Waals surface area contributed by atoms with Gasteiger partial charge in [0.1, 0.15) is 5.69 Å². The van der Waals surface area contributed by atoms with Crippen molar-refractivity contribution in [2.24, 2.45) is 4.99 Å². The molecule has 4 rings (SSSR count). The highest BCUT2D eigenvalue weighted by Gasteiger charge is 2.45. The molecule has 0 fully saturated rings. The Kier molecular flexibility index (Phi) is 2.97. The van der Waals surface area contributed by atoms with Crippen LogP contribution in [0.25, 0.3) is 11.0 Å². The lowest BCUT2D eigenvalue weighted by atomic mass is 9.70. The molecule has 0 atom stereocenters. The van der Waals surface area contributed by atoms with Crippen molar-refractivity contribution in [3.63, 3.8) is 0 Å². The van der Waals surface area contributed by atoms with Gasteiger partial charge in [-0.05, 0) is 37.4 Å². The highest BCUT2D eigenvalue weighted by atomic mass is 32.1. The molecule has 23 heavy (non-hydrogen) atoms. The number of hydrogen-bond donors (Lipinski definition) is 0. The van der Waals surface area contributed by atoms with Crippen molar-refractivity contribution in [2.45, 2.75) is 38.6 Å². The summed E-state index contributed by atoms with van der Waals surface area (Å²) in [5.41, 5.74) is 4.65. The molecule has 1 aromatic carbocycles. The molecule has 0 radical (unpaired) electrons. The van der Waals surface area contributed by atoms with Gasteiger partial charge in [0.2, 0.25) is 0 Å². The number of aliphatic imine (C=N–C) groups is 1. The molecule has 3 nitrogen and oxygen atoms in total. The third-order valence-corrected chi connectivity index (χ3v) is 6.34. The summed E-state index contributed by atoms with van der Waals surface area (Å²) in [5.74, 6) is 0. The summed E-state index contributed by atoms with van der Waals surface area (Å²) in [6.07, 6.45) is 1.84. The van der Waals surface area contributed by atoms with Gasteiger partial charge in [0.25, 0.3) is 0 Å². The largest absolute Gasteiger partial charge is 0.275 e. The molecule has 0 saturated carbocycles. The molecular weight excluding hydrogens is 302 g/mol. The Labute approximate surface area is 140 Å². The average Bonchev–Trinajstić information content (AvgIpc) is 3.01. The Hall–Kier alpha value is -2.07. The van der Waals surface area contributed by atoms with E-state index >= 15 is 0 Å². The number of benzene rings is 1. The summed E-state index contributed by atoms with van der Waals surface area (Å²) in [6, 6.07) is 10.1. The van der Waals surface area contributed by atoms with E-state index in [9.17, 15) is 0 Å². The summed E-state index contributed by atoms with van der Waals surface area (Å²) < 4.78 is 0. The van der Waals surface area contributed by atoms with Crippen LogP contribution in [-0.4, -0.2) is 21.2 Å². The van der Waals surface area contributed by atoms with Crippen LogP contribution in [0, 0.1) is 0 Å². The van der Waals surface area contributed by atoms with Crippen molar-refractivity contribution < 1.29 is 0 Å². The number of aromatic nitrogens is 2. The topological polar surface area (TPSA) is 38.1 Å². The molecule has 116 valence electrons. The Morgan fingerprint density at radius 1 is 0.957 bits per heavy atom. The first-order chi connectivity index (χ1) is 10.9. The SMILES string of the molecule is CC1(C)N=C(c2cnc3ccccc3n2)c2ccsc2C1(C)C. The fourth-order valence-corrected chi connectivity index (χ4v) is 4.18. The maximum Gasteiger partial charge on any atom is 0.108 e. The predicted octanol–water partition coefficient (Wildman–Crippen LogP) is 4.60. The van der Waals surface area contributed by atoms with Crippen molar-refractivity contribution in [3.05, 3.63) is 58.0 Å². The van der Waals surface area contributed by atoms with Gasteiger partial charge in [-0.25, -0.2) is 4.98 Å². The maximum atomic E-state index is 5.08. The third-order valence-electron chi connectivity index (χ3n) is 5.10. The molecular formula is C19H19N3S. The molecule has 0 bridgehead atoms. The van der Waals surface area contributed by atoms with Crippen LogP contribution >= 0.6 is 11.3 Å². The predicted molar refractivity (Wildman–Crippen MR) is 96.6 cm³/mol. The standard InChI is InChI=1S/C19H19N3S/c1-18(2)17-12(9-10-23-17)16(22-19(18,3)4)15-11-20-13-7-5-6-8-14(13)21-15/h5-11H,1-4H3. The number of hydrogen-bond acceptors (Lipinski definition) is 4. The van der Waals surface area contributed by atoms with Crippen molar-refractivity contribution in [2.75, 3.05) is 0 Å². The molecule has 4 heteroatoms. The molecule has 1 aliphatic heterocycles. The van der Waals surface area contributed by atoms with Crippen LogP contribution in [0.1, 0.15) is 43.8 Å². The van der Waals surface area contributed by atoms with Crippen molar-refractivity contribution in [1.82, 2.24) is 9.97 Å². The number of fused-ring (bicyclic) bond motifs is 2. The van der Waals surface area contributed by atoms with Gasteiger partial charge in [0.15, 0.2) is 0 Å². The monoisotopic (exact) mass is 321 g/mol. The van der Waals surface area contributed by atoms with Crippen LogP contribution in [0.15, 0.2) is 46.9 Å². The molecule has 0 spiro atoms. The first kappa shape index (κ1) is 14.5. The Bertz CT molecular complexity index is 934. The molecule has 3 aromatic rings. The lowest BCUT2D eigenvalue weighted by molar-refractivity contribution is 0.309. The van der Waals surface area contributed by atoms with Gasteiger partial charge in [0, 0.05) is 15.9 Å². The number of rotatable bonds is 1. The Morgan fingerprint density at radius 2 is 1.70 bits per heavy atom. The third kappa shape index (κ3) is 2.05. The van der Waals surface area contributed by atoms with Crippen molar-refractivity contribution in [3.8, 4) is 0 Å². The number of nitrogens with zero attached hydrogens (tertiary/aromatic N) is 3. The Morgan fingerprint density at radius 3 is 2.48 bits per heavy atom. The molecule has 0 unspecified atom stereocenters. The molecule has 1 aliphatic rings. The molecule has 0 saturated heterocycles. The summed E-state index contributed by atoms with van der Waals surface area (Å²) in [4.78, 5) is 15.8. The zero-order chi connectivity index (χ0) is 16.2. The smallest absolute Gasteiger partial charge is 0.108 e. The molecule has 2 aromatic heterocycles. The fraction of sp³-hybridized carbons (Fsp3) is 0.316. The van der Waals surface area contributed by atoms with E-state index in [2.05, 4.69) is 44.1 Å². The van der Waals surface area contributed by atoms with E-state index < -0.39 is 0 Å². The van der Waals surface area contributed by atoms with E-state index in [4.69, 9.17) is 9.98 Å². The van der Waals surface area contributed by atoms with Gasteiger partial charge in [0.05, 0.1) is 28.5 Å². The van der Waals surface area contributed by atoms with Crippen LogP contribution in [-0.2, 0) is 5.41 Å². The zero-order valence-electron chi connectivity index (χ0n) is 13.8. The van der Waals surface area contributed by atoms with Crippen molar-refractivity contribution >= 4 is 28.1 Å². The molecule has 3 heterocycles. The van der Waals surface area contributed by atoms with E-state index in [1.165, 1.54) is 10.4 Å². The zero-order valence-corrected chi connectivity index (χ0v) is 14.6. The minimum atomic E-state index is -0.187.